The maximum atomic E-state index is 14.2. The smallest absolute Gasteiger partial charge is 0.177 e. The van der Waals surface area contributed by atoms with E-state index in [1.807, 2.05) is 0 Å². The highest BCUT2D eigenvalue weighted by molar-refractivity contribution is 6.30. The van der Waals surface area contributed by atoms with Gasteiger partial charge >= 0.3 is 0 Å². The predicted octanol–water partition coefficient (Wildman–Crippen LogP) is 5.55. The molecule has 3 nitrogen and oxygen atoms in total. The van der Waals surface area contributed by atoms with Crippen LogP contribution in [0.1, 0.15) is 26.3 Å². The molecule has 0 aromatic heterocycles. The van der Waals surface area contributed by atoms with Crippen LogP contribution in [0.3, 0.4) is 0 Å². The third-order valence-corrected chi connectivity index (χ3v) is 4.78. The van der Waals surface area contributed by atoms with Gasteiger partial charge in [-0.15, -0.1) is 0 Å². The van der Waals surface area contributed by atoms with E-state index in [-0.39, 0.29) is 12.0 Å². The monoisotopic (exact) mass is 414 g/mol. The Morgan fingerprint density at radius 3 is 2.38 bits per heavy atom. The lowest BCUT2D eigenvalue weighted by Gasteiger charge is -2.16. The second-order valence-corrected chi connectivity index (χ2v) is 6.90. The van der Waals surface area contributed by atoms with Gasteiger partial charge in [0, 0.05) is 10.6 Å². The van der Waals surface area contributed by atoms with Gasteiger partial charge in [-0.05, 0) is 66.6 Å². The van der Waals surface area contributed by atoms with Gasteiger partial charge in [-0.25, -0.2) is 8.78 Å². The van der Waals surface area contributed by atoms with E-state index in [0.717, 1.165) is 18.2 Å². The van der Waals surface area contributed by atoms with Crippen LogP contribution in [0.4, 0.5) is 8.78 Å². The molecule has 0 saturated heterocycles. The maximum Gasteiger partial charge on any atom is 0.177 e. The van der Waals surface area contributed by atoms with Gasteiger partial charge in [-0.3, -0.25) is 9.59 Å². The maximum absolute atomic E-state index is 14.2. The Morgan fingerprint density at radius 2 is 1.69 bits per heavy atom. The van der Waals surface area contributed by atoms with Gasteiger partial charge < -0.3 is 4.74 Å². The number of carbonyl (C=O) groups is 2. The molecule has 0 fully saturated rings. The van der Waals surface area contributed by atoms with Crippen LogP contribution in [-0.2, 0) is 6.42 Å². The molecule has 0 amide bonds. The van der Waals surface area contributed by atoms with Crippen LogP contribution in [0.15, 0.2) is 66.7 Å². The number of halogens is 3. The fourth-order valence-electron chi connectivity index (χ4n) is 3.03. The SMILES string of the molecule is COc1cccc(CC(C(=O)c2ccc(Cl)cc2)C(=O)c2cc(F)ccc2F)c1. The highest BCUT2D eigenvalue weighted by Crippen LogP contribution is 2.24. The van der Waals surface area contributed by atoms with Gasteiger partial charge in [-0.1, -0.05) is 23.7 Å². The van der Waals surface area contributed by atoms with Crippen molar-refractivity contribution in [2.24, 2.45) is 5.92 Å². The molecule has 0 saturated carbocycles. The number of ether oxygens (including phenoxy) is 1. The Bertz CT molecular complexity index is 1050. The molecule has 0 heterocycles. The summed E-state index contributed by atoms with van der Waals surface area (Å²) in [6.45, 7) is 0. The van der Waals surface area contributed by atoms with E-state index >= 15 is 0 Å². The molecule has 0 bridgehead atoms. The zero-order valence-electron chi connectivity index (χ0n) is 15.5. The van der Waals surface area contributed by atoms with Crippen molar-refractivity contribution in [2.75, 3.05) is 7.11 Å². The van der Waals surface area contributed by atoms with Gasteiger partial charge in [0.15, 0.2) is 11.6 Å². The third kappa shape index (κ3) is 4.87. The summed E-state index contributed by atoms with van der Waals surface area (Å²) >= 11 is 5.87. The Morgan fingerprint density at radius 1 is 0.966 bits per heavy atom. The summed E-state index contributed by atoms with van der Waals surface area (Å²) < 4.78 is 33.0. The number of carbonyl (C=O) groups excluding carboxylic acids is 2. The largest absolute Gasteiger partial charge is 0.497 e. The Hall–Kier alpha value is -3.05. The van der Waals surface area contributed by atoms with Gasteiger partial charge in [0.05, 0.1) is 18.6 Å². The summed E-state index contributed by atoms with van der Waals surface area (Å²) in [5.41, 5.74) is 0.453. The highest BCUT2D eigenvalue weighted by atomic mass is 35.5. The lowest BCUT2D eigenvalue weighted by atomic mass is 9.85. The van der Waals surface area contributed by atoms with Crippen LogP contribution in [0.2, 0.25) is 5.02 Å². The van der Waals surface area contributed by atoms with Crippen LogP contribution in [-0.4, -0.2) is 18.7 Å². The van der Waals surface area contributed by atoms with Crippen LogP contribution < -0.4 is 4.74 Å². The minimum Gasteiger partial charge on any atom is -0.497 e. The summed E-state index contributed by atoms with van der Waals surface area (Å²) in [5.74, 6) is -3.60. The molecule has 3 aromatic carbocycles. The molecule has 0 aliphatic rings. The average molecular weight is 415 g/mol. The molecule has 29 heavy (non-hydrogen) atoms. The van der Waals surface area contributed by atoms with E-state index in [1.165, 1.54) is 31.4 Å². The van der Waals surface area contributed by atoms with Crippen LogP contribution in [0.5, 0.6) is 5.75 Å². The van der Waals surface area contributed by atoms with Gasteiger partial charge in [0.25, 0.3) is 0 Å². The van der Waals surface area contributed by atoms with Crippen molar-refractivity contribution >= 4 is 23.2 Å². The third-order valence-electron chi connectivity index (χ3n) is 4.53. The van der Waals surface area contributed by atoms with Crippen LogP contribution in [0.25, 0.3) is 0 Å². The number of ketones is 2. The van der Waals surface area contributed by atoms with Crippen LogP contribution in [0, 0.1) is 17.6 Å². The number of benzene rings is 3. The highest BCUT2D eigenvalue weighted by Gasteiger charge is 2.31. The molecule has 0 spiro atoms. The minimum absolute atomic E-state index is 0.00739. The number of hydrogen-bond donors (Lipinski definition) is 0. The molecule has 0 aliphatic heterocycles. The average Bonchev–Trinajstić information content (AvgIpc) is 2.73. The first-order valence-electron chi connectivity index (χ1n) is 8.81. The van der Waals surface area contributed by atoms with Crippen molar-refractivity contribution < 1.29 is 23.1 Å². The number of hydrogen-bond acceptors (Lipinski definition) is 3. The minimum atomic E-state index is -1.24. The van der Waals surface area contributed by atoms with Gasteiger partial charge in [0.2, 0.25) is 0 Å². The van der Waals surface area contributed by atoms with Crippen LogP contribution >= 0.6 is 11.6 Å². The molecule has 6 heteroatoms. The van der Waals surface area contributed by atoms with E-state index < -0.39 is 34.7 Å². The summed E-state index contributed by atoms with van der Waals surface area (Å²) in [4.78, 5) is 26.2. The van der Waals surface area contributed by atoms with E-state index in [9.17, 15) is 18.4 Å². The molecular weight excluding hydrogens is 398 g/mol. The number of Topliss-reactive ketones (excluding diaryl/α,β-unsaturated/α-hetero) is 2. The summed E-state index contributed by atoms with van der Waals surface area (Å²) in [7, 11) is 1.50. The molecule has 0 aliphatic carbocycles. The van der Waals surface area contributed by atoms with Crippen molar-refractivity contribution in [1.82, 2.24) is 0 Å². The molecule has 1 atom stereocenters. The summed E-state index contributed by atoms with van der Waals surface area (Å²) in [6.07, 6.45) is 0.00739. The first-order chi connectivity index (χ1) is 13.9. The van der Waals surface area contributed by atoms with E-state index in [4.69, 9.17) is 16.3 Å². The van der Waals surface area contributed by atoms with Crippen molar-refractivity contribution in [2.45, 2.75) is 6.42 Å². The quantitative estimate of drug-likeness (QED) is 0.376. The zero-order chi connectivity index (χ0) is 21.0. The fourth-order valence-corrected chi connectivity index (χ4v) is 3.15. The normalized spacial score (nSPS) is 11.7. The molecule has 3 rings (SSSR count). The molecule has 1 unspecified atom stereocenters. The van der Waals surface area contributed by atoms with Crippen molar-refractivity contribution in [3.05, 3.63) is 100 Å². The molecular formula is C23H17ClF2O3. The lowest BCUT2D eigenvalue weighted by Crippen LogP contribution is -2.27. The number of rotatable bonds is 7. The van der Waals surface area contributed by atoms with E-state index in [0.29, 0.717) is 16.3 Å². The van der Waals surface area contributed by atoms with Crippen molar-refractivity contribution in [3.63, 3.8) is 0 Å². The summed E-state index contributed by atoms with van der Waals surface area (Å²) in [5, 5.41) is 0.438. The van der Waals surface area contributed by atoms with E-state index in [1.54, 1.807) is 24.3 Å². The van der Waals surface area contributed by atoms with Crippen molar-refractivity contribution in [3.8, 4) is 5.75 Å². The number of methoxy groups -OCH3 is 1. The fraction of sp³-hybridized carbons (Fsp3) is 0.130. The van der Waals surface area contributed by atoms with Gasteiger partial charge in [-0.2, -0.15) is 0 Å². The summed E-state index contributed by atoms with van der Waals surface area (Å²) in [6, 6.07) is 15.6. The Kier molecular flexibility index (Phi) is 6.39. The van der Waals surface area contributed by atoms with Gasteiger partial charge in [0.1, 0.15) is 17.4 Å². The second kappa shape index (κ2) is 8.97. The molecule has 0 N–H and O–H groups in total. The second-order valence-electron chi connectivity index (χ2n) is 6.47. The molecule has 3 aromatic rings. The zero-order valence-corrected chi connectivity index (χ0v) is 16.2. The Labute approximate surface area is 171 Å². The topological polar surface area (TPSA) is 43.4 Å². The Balaban J connectivity index is 2.02. The first kappa shape index (κ1) is 20.7. The predicted molar refractivity (Wildman–Crippen MR) is 107 cm³/mol. The standard InChI is InChI=1S/C23H17ClF2O3/c1-29-18-4-2-3-14(11-18)12-20(22(27)15-5-7-16(24)8-6-15)23(28)19-13-17(25)9-10-21(19)26/h2-11,13,20H,12H2,1H3. The first-order valence-corrected chi connectivity index (χ1v) is 9.19. The van der Waals surface area contributed by atoms with Crippen molar-refractivity contribution in [1.29, 1.82) is 0 Å². The molecule has 148 valence electrons. The molecule has 0 radical (unpaired) electrons. The lowest BCUT2D eigenvalue weighted by molar-refractivity contribution is 0.0804. The van der Waals surface area contributed by atoms with E-state index in [2.05, 4.69) is 0 Å².